The van der Waals surface area contributed by atoms with Gasteiger partial charge in [-0.3, -0.25) is 29.0 Å². The lowest BCUT2D eigenvalue weighted by Crippen LogP contribution is -2.43. The van der Waals surface area contributed by atoms with Crippen LogP contribution in [0.2, 0.25) is 0 Å². The number of hydrogen-bond donors (Lipinski definition) is 1. The zero-order chi connectivity index (χ0) is 33.0. The van der Waals surface area contributed by atoms with Gasteiger partial charge in [0.2, 0.25) is 23.6 Å². The Labute approximate surface area is 273 Å². The lowest BCUT2D eigenvalue weighted by Gasteiger charge is -2.42. The third-order valence-corrected chi connectivity index (χ3v) is 10.2. The molecular formula is C39H34N2O6. The van der Waals surface area contributed by atoms with Crippen LogP contribution in [0, 0.1) is 35.5 Å². The Morgan fingerprint density at radius 3 is 1.85 bits per heavy atom. The van der Waals surface area contributed by atoms with Crippen molar-refractivity contribution in [3.63, 3.8) is 0 Å². The van der Waals surface area contributed by atoms with Crippen LogP contribution in [0.25, 0.3) is 18.2 Å². The number of amides is 4. The molecule has 236 valence electrons. The van der Waals surface area contributed by atoms with Crippen LogP contribution in [0.1, 0.15) is 29.5 Å². The van der Waals surface area contributed by atoms with Gasteiger partial charge >= 0.3 is 0 Å². The zero-order valence-electron chi connectivity index (χ0n) is 25.9. The van der Waals surface area contributed by atoms with Crippen molar-refractivity contribution < 1.29 is 29.0 Å². The molecule has 2 aliphatic carbocycles. The quantitative estimate of drug-likeness (QED) is 0.245. The maximum atomic E-state index is 14.2. The number of carbonyl (C=O) groups is 4. The summed E-state index contributed by atoms with van der Waals surface area (Å²) in [6.45, 7) is 7.57. The molecule has 2 saturated heterocycles. The van der Waals surface area contributed by atoms with E-state index in [2.05, 4.69) is 13.2 Å². The third kappa shape index (κ3) is 4.83. The molecule has 4 amide bonds. The molecular weight excluding hydrogens is 592 g/mol. The molecule has 2 heterocycles. The van der Waals surface area contributed by atoms with Crippen LogP contribution in [-0.2, 0) is 19.2 Å². The number of ether oxygens (including phenoxy) is 1. The number of hydrogen-bond acceptors (Lipinski definition) is 6. The number of anilines is 2. The molecule has 0 radical (unpaired) electrons. The molecule has 3 aromatic carbocycles. The van der Waals surface area contributed by atoms with E-state index >= 15 is 0 Å². The molecule has 0 aromatic heterocycles. The number of imide groups is 2. The minimum Gasteiger partial charge on any atom is -0.504 e. The maximum Gasteiger partial charge on any atom is 0.238 e. The van der Waals surface area contributed by atoms with E-state index in [4.69, 9.17) is 4.74 Å². The fourth-order valence-electron chi connectivity index (χ4n) is 7.89. The van der Waals surface area contributed by atoms with Gasteiger partial charge in [0.25, 0.3) is 0 Å². The Hall–Kier alpha value is -5.50. The van der Waals surface area contributed by atoms with Gasteiger partial charge in [-0.15, -0.1) is 0 Å². The second-order valence-corrected chi connectivity index (χ2v) is 12.5. The van der Waals surface area contributed by atoms with Crippen LogP contribution in [0.5, 0.6) is 11.5 Å². The van der Waals surface area contributed by atoms with E-state index in [0.717, 1.165) is 22.3 Å². The van der Waals surface area contributed by atoms with Crippen LogP contribution in [0.3, 0.4) is 0 Å². The third-order valence-electron chi connectivity index (χ3n) is 10.2. The van der Waals surface area contributed by atoms with Gasteiger partial charge in [-0.2, -0.15) is 0 Å². The molecule has 7 rings (SSSR count). The highest BCUT2D eigenvalue weighted by Crippen LogP contribution is 2.56. The van der Waals surface area contributed by atoms with Gasteiger partial charge < -0.3 is 9.84 Å². The Morgan fingerprint density at radius 1 is 0.723 bits per heavy atom. The van der Waals surface area contributed by atoms with Gasteiger partial charge in [-0.05, 0) is 71.8 Å². The number of methoxy groups -OCH3 is 1. The summed E-state index contributed by atoms with van der Waals surface area (Å²) in [5.74, 6) is -4.22. The Balaban J connectivity index is 1.29. The van der Waals surface area contributed by atoms with Crippen molar-refractivity contribution >= 4 is 53.2 Å². The van der Waals surface area contributed by atoms with Gasteiger partial charge in [-0.25, -0.2) is 0 Å². The molecule has 8 nitrogen and oxygen atoms in total. The van der Waals surface area contributed by atoms with E-state index in [0.29, 0.717) is 30.0 Å². The minimum absolute atomic E-state index is 0.00579. The number of aromatic hydroxyl groups is 1. The molecule has 1 N–H and O–H groups in total. The van der Waals surface area contributed by atoms with E-state index in [1.165, 1.54) is 23.0 Å². The fourth-order valence-corrected chi connectivity index (χ4v) is 7.89. The Kier molecular flexibility index (Phi) is 7.51. The molecule has 6 atom stereocenters. The summed E-state index contributed by atoms with van der Waals surface area (Å²) in [6, 6.07) is 19.2. The standard InChI is InChI=1S/C39H34N2O6/c1-4-22-6-12-25(13-7-22)40-36(43)29-18-17-27-28(16-10-24-11-19-32(42)33(20-24)47-3)34-31(21-30(27)35(29)39(40)46)37(44)41(38(34)45)26-14-8-23(5-2)9-15-26/h4-17,19-20,28-31,34-35,42H,1-2,18,21H2,3H3/t28-,29-,30+,31+,34-,35-/m0/s1. The van der Waals surface area contributed by atoms with E-state index in [9.17, 15) is 24.3 Å². The first-order valence-corrected chi connectivity index (χ1v) is 15.7. The molecule has 47 heavy (non-hydrogen) atoms. The van der Waals surface area contributed by atoms with E-state index in [1.54, 1.807) is 48.6 Å². The predicted octanol–water partition coefficient (Wildman–Crippen LogP) is 6.28. The minimum atomic E-state index is -0.675. The monoisotopic (exact) mass is 626 g/mol. The number of carbonyl (C=O) groups excluding carboxylic acids is 4. The molecule has 0 unspecified atom stereocenters. The van der Waals surface area contributed by atoms with Crippen molar-refractivity contribution in [2.75, 3.05) is 16.9 Å². The molecule has 2 aliphatic heterocycles. The second kappa shape index (κ2) is 11.7. The number of nitrogens with zero attached hydrogens (tertiary/aromatic N) is 2. The van der Waals surface area contributed by atoms with E-state index in [1.807, 2.05) is 42.5 Å². The average Bonchev–Trinajstić information content (AvgIpc) is 3.50. The van der Waals surface area contributed by atoms with Crippen LogP contribution in [0.15, 0.2) is 97.6 Å². The number of phenols is 1. The van der Waals surface area contributed by atoms with Crippen LogP contribution < -0.4 is 14.5 Å². The van der Waals surface area contributed by atoms with Gasteiger partial charge in [0, 0.05) is 5.92 Å². The molecule has 0 bridgehead atoms. The highest BCUT2D eigenvalue weighted by Gasteiger charge is 2.61. The maximum absolute atomic E-state index is 14.2. The Morgan fingerprint density at radius 2 is 1.28 bits per heavy atom. The summed E-state index contributed by atoms with van der Waals surface area (Å²) < 4.78 is 5.29. The lowest BCUT2D eigenvalue weighted by atomic mass is 9.58. The fraction of sp³-hybridized carbons (Fsp3) is 0.231. The first-order chi connectivity index (χ1) is 22.7. The molecule has 4 aliphatic rings. The van der Waals surface area contributed by atoms with Crippen LogP contribution in [-0.4, -0.2) is 35.8 Å². The summed E-state index contributed by atoms with van der Waals surface area (Å²) in [5.41, 5.74) is 4.38. The number of benzene rings is 3. The second-order valence-electron chi connectivity index (χ2n) is 12.5. The van der Waals surface area contributed by atoms with Crippen molar-refractivity contribution in [3.8, 4) is 11.5 Å². The van der Waals surface area contributed by atoms with Crippen LogP contribution >= 0.6 is 0 Å². The summed E-state index contributed by atoms with van der Waals surface area (Å²) in [4.78, 5) is 58.8. The first-order valence-electron chi connectivity index (χ1n) is 15.7. The number of fused-ring (bicyclic) bond motifs is 4. The average molecular weight is 627 g/mol. The van der Waals surface area contributed by atoms with Crippen molar-refractivity contribution in [2.24, 2.45) is 35.5 Å². The molecule has 3 fully saturated rings. The SMILES string of the molecule is C=Cc1ccc(N2C(=O)[C@H]3[C@H](CC=C4[C@H]3C[C@H]3C(=O)N(c5ccc(C=C)cc5)C(=O)[C@H]3[C@H]4C=Cc3ccc(O)c(OC)c3)C2=O)cc1. The molecule has 1 saturated carbocycles. The van der Waals surface area contributed by atoms with Gasteiger partial charge in [0.05, 0.1) is 42.2 Å². The molecule has 3 aromatic rings. The van der Waals surface area contributed by atoms with Gasteiger partial charge in [0.15, 0.2) is 11.5 Å². The smallest absolute Gasteiger partial charge is 0.238 e. The summed E-state index contributed by atoms with van der Waals surface area (Å²) in [6.07, 6.45) is 9.85. The van der Waals surface area contributed by atoms with Gasteiger partial charge in [-0.1, -0.05) is 79.4 Å². The number of allylic oxidation sites excluding steroid dienone is 3. The van der Waals surface area contributed by atoms with Crippen molar-refractivity contribution in [1.82, 2.24) is 0 Å². The predicted molar refractivity (Wildman–Crippen MR) is 180 cm³/mol. The largest absolute Gasteiger partial charge is 0.504 e. The topological polar surface area (TPSA) is 104 Å². The number of phenolic OH excluding ortho intramolecular Hbond substituents is 1. The lowest BCUT2D eigenvalue weighted by molar-refractivity contribution is -0.126. The van der Waals surface area contributed by atoms with Crippen molar-refractivity contribution in [3.05, 3.63) is 114 Å². The summed E-state index contributed by atoms with van der Waals surface area (Å²) in [5, 5.41) is 10.1. The van der Waals surface area contributed by atoms with Crippen molar-refractivity contribution in [1.29, 1.82) is 0 Å². The highest BCUT2D eigenvalue weighted by atomic mass is 16.5. The zero-order valence-corrected chi connectivity index (χ0v) is 25.9. The number of rotatable bonds is 7. The Bertz CT molecular complexity index is 1890. The van der Waals surface area contributed by atoms with E-state index in [-0.39, 0.29) is 29.4 Å². The molecule has 0 spiro atoms. The van der Waals surface area contributed by atoms with Gasteiger partial charge in [0.1, 0.15) is 0 Å². The summed E-state index contributed by atoms with van der Waals surface area (Å²) in [7, 11) is 1.47. The first kappa shape index (κ1) is 30.2. The van der Waals surface area contributed by atoms with Crippen LogP contribution in [0.4, 0.5) is 11.4 Å². The molecule has 8 heteroatoms. The summed E-state index contributed by atoms with van der Waals surface area (Å²) >= 11 is 0. The normalized spacial score (nSPS) is 26.6. The highest BCUT2D eigenvalue weighted by molar-refractivity contribution is 6.24. The van der Waals surface area contributed by atoms with Crippen molar-refractivity contribution in [2.45, 2.75) is 12.8 Å². The van der Waals surface area contributed by atoms with E-state index < -0.39 is 35.5 Å².